The van der Waals surface area contributed by atoms with Crippen LogP contribution >= 0.6 is 11.6 Å². The summed E-state index contributed by atoms with van der Waals surface area (Å²) in [6.45, 7) is 9.22. The van der Waals surface area contributed by atoms with Crippen molar-refractivity contribution in [1.29, 1.82) is 0 Å². The van der Waals surface area contributed by atoms with Crippen molar-refractivity contribution in [3.05, 3.63) is 28.3 Å². The summed E-state index contributed by atoms with van der Waals surface area (Å²) in [5, 5.41) is 4.17. The van der Waals surface area contributed by atoms with Crippen LogP contribution in [0, 0.1) is 13.8 Å². The zero-order valence-electron chi connectivity index (χ0n) is 11.7. The molecule has 1 rings (SSSR count). The van der Waals surface area contributed by atoms with Gasteiger partial charge in [-0.1, -0.05) is 18.5 Å². The summed E-state index contributed by atoms with van der Waals surface area (Å²) in [4.78, 5) is 0. The first kappa shape index (κ1) is 15.3. The maximum Gasteiger partial charge on any atom is 0.125 e. The molecule has 0 radical (unpaired) electrons. The smallest absolute Gasteiger partial charge is 0.125 e. The van der Waals surface area contributed by atoms with Crippen LogP contribution in [-0.4, -0.2) is 19.7 Å². The van der Waals surface area contributed by atoms with E-state index in [-0.39, 0.29) is 0 Å². The first-order valence-corrected chi connectivity index (χ1v) is 7.13. The molecule has 0 atom stereocenters. The number of unbranched alkanes of at least 4 members (excludes halogenated alkanes) is 1. The van der Waals surface area contributed by atoms with Crippen LogP contribution in [0.1, 0.15) is 37.3 Å². The standard InChI is InChI=1S/C15H24ClNO/c1-4-7-17-8-5-6-9-18-15-12(2)10-14(16)11-13(15)3/h10-11,17H,4-9H2,1-3H3. The van der Waals surface area contributed by atoms with Crippen LogP contribution in [0.4, 0.5) is 0 Å². The van der Waals surface area contributed by atoms with E-state index in [0.717, 1.165) is 54.4 Å². The summed E-state index contributed by atoms with van der Waals surface area (Å²) in [5.74, 6) is 0.987. The second kappa shape index (κ2) is 8.39. The molecule has 0 saturated heterocycles. The molecular weight excluding hydrogens is 246 g/mol. The SMILES string of the molecule is CCCNCCCCOc1c(C)cc(Cl)cc1C. The van der Waals surface area contributed by atoms with Crippen LogP contribution in [-0.2, 0) is 0 Å². The Balaban J connectivity index is 2.27. The van der Waals surface area contributed by atoms with Crippen LogP contribution in [0.25, 0.3) is 0 Å². The zero-order chi connectivity index (χ0) is 13.4. The monoisotopic (exact) mass is 269 g/mol. The molecule has 2 nitrogen and oxygen atoms in total. The van der Waals surface area contributed by atoms with Crippen molar-refractivity contribution < 1.29 is 4.74 Å². The van der Waals surface area contributed by atoms with Crippen molar-refractivity contribution in [1.82, 2.24) is 5.32 Å². The topological polar surface area (TPSA) is 21.3 Å². The van der Waals surface area contributed by atoms with Crippen LogP contribution in [0.2, 0.25) is 5.02 Å². The predicted octanol–water partition coefficient (Wildman–Crippen LogP) is 4.12. The molecule has 0 saturated carbocycles. The van der Waals surface area contributed by atoms with Crippen molar-refractivity contribution in [2.24, 2.45) is 0 Å². The number of nitrogens with one attached hydrogen (secondary N) is 1. The average molecular weight is 270 g/mol. The Morgan fingerprint density at radius 1 is 1.11 bits per heavy atom. The van der Waals surface area contributed by atoms with Gasteiger partial charge in [0.15, 0.2) is 0 Å². The Kier molecular flexibility index (Phi) is 7.14. The van der Waals surface area contributed by atoms with E-state index >= 15 is 0 Å². The second-order valence-electron chi connectivity index (χ2n) is 4.67. The van der Waals surface area contributed by atoms with Crippen LogP contribution in [0.15, 0.2) is 12.1 Å². The highest BCUT2D eigenvalue weighted by Gasteiger charge is 2.05. The Hall–Kier alpha value is -0.730. The van der Waals surface area contributed by atoms with Gasteiger partial charge in [-0.3, -0.25) is 0 Å². The van der Waals surface area contributed by atoms with E-state index in [2.05, 4.69) is 12.2 Å². The van der Waals surface area contributed by atoms with Gasteiger partial charge < -0.3 is 10.1 Å². The van der Waals surface area contributed by atoms with Gasteiger partial charge in [-0.05, 0) is 69.5 Å². The molecule has 0 bridgehead atoms. The maximum atomic E-state index is 5.99. The highest BCUT2D eigenvalue weighted by Crippen LogP contribution is 2.27. The summed E-state index contributed by atoms with van der Waals surface area (Å²) in [6, 6.07) is 3.90. The minimum Gasteiger partial charge on any atom is -0.493 e. The summed E-state index contributed by atoms with van der Waals surface area (Å²) in [5.41, 5.74) is 2.23. The molecule has 0 spiro atoms. The van der Waals surface area contributed by atoms with Gasteiger partial charge in [-0.25, -0.2) is 0 Å². The van der Waals surface area contributed by atoms with Gasteiger partial charge in [-0.2, -0.15) is 0 Å². The largest absolute Gasteiger partial charge is 0.493 e. The van der Waals surface area contributed by atoms with E-state index in [1.165, 1.54) is 6.42 Å². The fraction of sp³-hybridized carbons (Fsp3) is 0.600. The molecule has 1 aromatic carbocycles. The summed E-state index contributed by atoms with van der Waals surface area (Å²) < 4.78 is 5.84. The van der Waals surface area contributed by atoms with Gasteiger partial charge in [-0.15, -0.1) is 0 Å². The first-order valence-electron chi connectivity index (χ1n) is 6.75. The van der Waals surface area contributed by atoms with E-state index in [0.29, 0.717) is 0 Å². The molecule has 0 heterocycles. The molecule has 102 valence electrons. The minimum atomic E-state index is 0.775. The van der Waals surface area contributed by atoms with Gasteiger partial charge >= 0.3 is 0 Å². The van der Waals surface area contributed by atoms with Crippen LogP contribution in [0.5, 0.6) is 5.75 Å². The lowest BCUT2D eigenvalue weighted by atomic mass is 10.1. The van der Waals surface area contributed by atoms with Crippen LogP contribution < -0.4 is 10.1 Å². The molecule has 0 aliphatic rings. The van der Waals surface area contributed by atoms with Gasteiger partial charge in [0.1, 0.15) is 5.75 Å². The fourth-order valence-electron chi connectivity index (χ4n) is 1.95. The van der Waals surface area contributed by atoms with Gasteiger partial charge in [0, 0.05) is 5.02 Å². The summed E-state index contributed by atoms with van der Waals surface area (Å²) >= 11 is 5.99. The van der Waals surface area contributed by atoms with Crippen molar-refractivity contribution in [2.45, 2.75) is 40.0 Å². The number of hydrogen-bond acceptors (Lipinski definition) is 2. The number of rotatable bonds is 8. The Morgan fingerprint density at radius 3 is 2.39 bits per heavy atom. The lowest BCUT2D eigenvalue weighted by molar-refractivity contribution is 0.302. The van der Waals surface area contributed by atoms with Gasteiger partial charge in [0.2, 0.25) is 0 Å². The Bertz CT molecular complexity index is 343. The van der Waals surface area contributed by atoms with Crippen molar-refractivity contribution in [3.8, 4) is 5.75 Å². The predicted molar refractivity (Wildman–Crippen MR) is 78.8 cm³/mol. The molecule has 1 N–H and O–H groups in total. The molecule has 0 amide bonds. The Morgan fingerprint density at radius 2 is 1.78 bits per heavy atom. The van der Waals surface area contributed by atoms with Crippen molar-refractivity contribution >= 4 is 11.6 Å². The first-order chi connectivity index (χ1) is 8.65. The lowest BCUT2D eigenvalue weighted by Gasteiger charge is -2.12. The normalized spacial score (nSPS) is 10.7. The Labute approximate surface area is 116 Å². The van der Waals surface area contributed by atoms with Crippen molar-refractivity contribution in [2.75, 3.05) is 19.7 Å². The third kappa shape index (κ3) is 5.28. The van der Waals surface area contributed by atoms with E-state index in [9.17, 15) is 0 Å². The third-order valence-corrected chi connectivity index (χ3v) is 3.06. The van der Waals surface area contributed by atoms with Gasteiger partial charge in [0.25, 0.3) is 0 Å². The maximum absolute atomic E-state index is 5.99. The number of aryl methyl sites for hydroxylation is 2. The molecule has 18 heavy (non-hydrogen) atoms. The number of hydrogen-bond donors (Lipinski definition) is 1. The third-order valence-electron chi connectivity index (χ3n) is 2.85. The highest BCUT2D eigenvalue weighted by atomic mass is 35.5. The summed E-state index contributed by atoms with van der Waals surface area (Å²) in [7, 11) is 0. The van der Waals surface area contributed by atoms with E-state index in [1.54, 1.807) is 0 Å². The number of benzene rings is 1. The molecule has 0 unspecified atom stereocenters. The summed E-state index contributed by atoms with van der Waals surface area (Å²) in [6.07, 6.45) is 3.43. The number of halogens is 1. The highest BCUT2D eigenvalue weighted by molar-refractivity contribution is 6.30. The van der Waals surface area contributed by atoms with E-state index in [4.69, 9.17) is 16.3 Å². The molecule has 0 aliphatic heterocycles. The molecular formula is C15H24ClNO. The second-order valence-corrected chi connectivity index (χ2v) is 5.11. The van der Waals surface area contributed by atoms with Crippen molar-refractivity contribution in [3.63, 3.8) is 0 Å². The van der Waals surface area contributed by atoms with E-state index in [1.807, 2.05) is 26.0 Å². The van der Waals surface area contributed by atoms with Crippen LogP contribution in [0.3, 0.4) is 0 Å². The average Bonchev–Trinajstić information content (AvgIpc) is 2.30. The zero-order valence-corrected chi connectivity index (χ0v) is 12.4. The molecule has 0 aromatic heterocycles. The quantitative estimate of drug-likeness (QED) is 0.717. The van der Waals surface area contributed by atoms with E-state index < -0.39 is 0 Å². The minimum absolute atomic E-state index is 0.775. The lowest BCUT2D eigenvalue weighted by Crippen LogP contribution is -2.16. The number of ether oxygens (including phenoxy) is 1. The fourth-order valence-corrected chi connectivity index (χ4v) is 2.28. The molecule has 1 aromatic rings. The van der Waals surface area contributed by atoms with Gasteiger partial charge in [0.05, 0.1) is 6.61 Å². The molecule has 0 aliphatic carbocycles. The molecule has 0 fully saturated rings. The molecule has 3 heteroatoms.